The minimum atomic E-state index is -1.96. The molecule has 4 aliphatic heterocycles. The molecule has 7 rings (SSSR count). The van der Waals surface area contributed by atoms with E-state index in [4.69, 9.17) is 28.3 Å². The predicted octanol–water partition coefficient (Wildman–Crippen LogP) is 5.01. The summed E-state index contributed by atoms with van der Waals surface area (Å²) in [6, 6.07) is 3.14. The molecule has 1 saturated heterocycles. The van der Waals surface area contributed by atoms with Crippen molar-refractivity contribution in [2.45, 2.75) is 104 Å². The maximum atomic E-state index is 14.5. The molecule has 11 atom stereocenters. The number of methoxy groups -OCH3 is 1. The summed E-state index contributed by atoms with van der Waals surface area (Å²) in [6.07, 6.45) is 3.64. The normalized spacial score (nSPS) is 34.5. The number of anilines is 1. The average molecular weight is 915 g/mol. The van der Waals surface area contributed by atoms with Gasteiger partial charge in [0.1, 0.15) is 23.3 Å². The molecule has 356 valence electrons. The van der Waals surface area contributed by atoms with Gasteiger partial charge < -0.3 is 58.9 Å². The molecule has 0 radical (unpaired) electrons. The van der Waals surface area contributed by atoms with Crippen LogP contribution in [0.4, 0.5) is 5.69 Å². The van der Waals surface area contributed by atoms with Crippen molar-refractivity contribution in [3.63, 3.8) is 0 Å². The first-order chi connectivity index (χ1) is 30.9. The molecule has 17 heteroatoms. The van der Waals surface area contributed by atoms with Crippen LogP contribution in [0.1, 0.15) is 79.7 Å². The van der Waals surface area contributed by atoms with Crippen LogP contribution < -0.4 is 15.6 Å². The number of amides is 1. The van der Waals surface area contributed by atoms with E-state index in [1.165, 1.54) is 59.3 Å². The van der Waals surface area contributed by atoms with Crippen molar-refractivity contribution in [2.75, 3.05) is 39.2 Å². The quantitative estimate of drug-likeness (QED) is 0.254. The van der Waals surface area contributed by atoms with Crippen LogP contribution in [0.15, 0.2) is 85.9 Å². The predicted molar refractivity (Wildman–Crippen MR) is 243 cm³/mol. The fourth-order valence-electron chi connectivity index (χ4n) is 9.75. The maximum absolute atomic E-state index is 14.5. The number of hydrogen-bond donors (Lipinski definition) is 5. The first kappa shape index (κ1) is 48.2. The molecule has 0 aromatic rings. The Kier molecular flexibility index (Phi) is 13.0. The number of ether oxygens (including phenoxy) is 4. The van der Waals surface area contributed by atoms with E-state index >= 15 is 0 Å². The van der Waals surface area contributed by atoms with Crippen LogP contribution in [0.3, 0.4) is 0 Å². The number of allylic oxidation sites excluding steroid dienone is 5. The second-order valence-corrected chi connectivity index (χ2v) is 19.1. The average Bonchev–Trinajstić information content (AvgIpc) is 3.52. The van der Waals surface area contributed by atoms with Gasteiger partial charge in [-0.25, -0.2) is 4.98 Å². The second kappa shape index (κ2) is 17.8. The molecule has 4 bridgehead atoms. The van der Waals surface area contributed by atoms with Gasteiger partial charge in [-0.1, -0.05) is 45.9 Å². The molecule has 0 aromatic heterocycles. The van der Waals surface area contributed by atoms with Gasteiger partial charge in [0.15, 0.2) is 28.8 Å². The van der Waals surface area contributed by atoms with E-state index in [1.807, 2.05) is 19.0 Å². The Hall–Kier alpha value is -5.75. The Bertz CT molecular complexity index is 2530. The lowest BCUT2D eigenvalue weighted by molar-refractivity contribution is -0.160. The summed E-state index contributed by atoms with van der Waals surface area (Å²) < 4.78 is 30.5. The molecular formula is C49H62N4O13. The van der Waals surface area contributed by atoms with Crippen LogP contribution in [0.25, 0.3) is 17.2 Å². The summed E-state index contributed by atoms with van der Waals surface area (Å²) in [5.74, 6) is -10.2. The third-order valence-corrected chi connectivity index (χ3v) is 14.3. The fourth-order valence-corrected chi connectivity index (χ4v) is 9.75. The van der Waals surface area contributed by atoms with Crippen LogP contribution in [0, 0.1) is 29.6 Å². The highest BCUT2D eigenvalue weighted by Gasteiger charge is 2.58. The molecular weight excluding hydrogens is 853 g/mol. The number of esters is 1. The van der Waals surface area contributed by atoms with Crippen molar-refractivity contribution >= 4 is 29.0 Å². The number of nitrogens with zero attached hydrogens (tertiary/aromatic N) is 3. The van der Waals surface area contributed by atoms with E-state index in [1.54, 1.807) is 45.9 Å². The number of carbonyl (C=O) groups excluding carboxylic acids is 3. The third kappa shape index (κ3) is 8.24. The SMILES string of the molecule is CO[C@H]1/C=C/O[C@@]2(C)OC3=C(C)C(=O)C4C(O)=C(NC(=O)/C(C)=C\C=C\[C@H](C)[C@H](O)[C@@H](C)[C@@H](O)[C@@H](C)[C@H](OC(C)=O)[C@@H]1C)c1oc5cc(N6CC(C)(N(C)C)C6)cc(=O)c-5nc1C4C3=C2O. The lowest BCUT2D eigenvalue weighted by Gasteiger charge is -2.53. The lowest BCUT2D eigenvalue weighted by atomic mass is 9.69. The Labute approximate surface area is 384 Å². The number of aliphatic hydroxyl groups excluding tert-OH is 4. The summed E-state index contributed by atoms with van der Waals surface area (Å²) in [6.45, 7) is 16.0. The Morgan fingerprint density at radius 2 is 1.65 bits per heavy atom. The molecule has 3 aliphatic carbocycles. The Morgan fingerprint density at radius 3 is 2.29 bits per heavy atom. The number of fused-ring (bicyclic) bond motifs is 2. The summed E-state index contributed by atoms with van der Waals surface area (Å²) in [5.41, 5.74) is -0.101. The summed E-state index contributed by atoms with van der Waals surface area (Å²) in [7, 11) is 5.43. The summed E-state index contributed by atoms with van der Waals surface area (Å²) in [5, 5.41) is 50.2. The minimum absolute atomic E-state index is 0.0214. The van der Waals surface area contributed by atoms with Crippen molar-refractivity contribution in [1.82, 2.24) is 15.2 Å². The molecule has 17 nitrogen and oxygen atoms in total. The molecule has 4 heterocycles. The van der Waals surface area contributed by atoms with Gasteiger partial charge in [-0.2, -0.15) is 0 Å². The zero-order valence-electron chi connectivity index (χ0n) is 39.5. The lowest BCUT2D eigenvalue weighted by Crippen LogP contribution is -2.67. The second-order valence-electron chi connectivity index (χ2n) is 19.1. The molecule has 1 fully saturated rings. The third-order valence-electron chi connectivity index (χ3n) is 14.3. The molecule has 0 saturated carbocycles. The molecule has 1 amide bonds. The van der Waals surface area contributed by atoms with Gasteiger partial charge in [-0.15, -0.1) is 0 Å². The van der Waals surface area contributed by atoms with E-state index in [0.29, 0.717) is 18.8 Å². The largest absolute Gasteiger partial charge is 0.509 e. The number of rotatable bonds is 4. The molecule has 5 N–H and O–H groups in total. The zero-order valence-corrected chi connectivity index (χ0v) is 39.5. The van der Waals surface area contributed by atoms with Gasteiger partial charge in [0.05, 0.1) is 53.2 Å². The number of Topliss-reactive ketones (excluding diaryl/α,β-unsaturated/α-hetero) is 1. The van der Waals surface area contributed by atoms with E-state index in [9.17, 15) is 39.6 Å². The number of aliphatic hydroxyl groups is 4. The molecule has 0 aromatic carbocycles. The van der Waals surface area contributed by atoms with Gasteiger partial charge in [0.25, 0.3) is 5.91 Å². The number of likely N-dealkylation sites (N-methyl/N-ethyl adjacent to an activating group) is 1. The van der Waals surface area contributed by atoms with Crippen LogP contribution in [0.2, 0.25) is 0 Å². The zero-order chi connectivity index (χ0) is 48.5. The highest BCUT2D eigenvalue weighted by molar-refractivity contribution is 6.06. The number of carbonyl (C=O) groups is 3. The van der Waals surface area contributed by atoms with Crippen LogP contribution in [-0.4, -0.2) is 118 Å². The van der Waals surface area contributed by atoms with Crippen molar-refractivity contribution in [3.05, 3.63) is 98.4 Å². The summed E-state index contributed by atoms with van der Waals surface area (Å²) >= 11 is 0. The van der Waals surface area contributed by atoms with E-state index in [2.05, 4.69) is 17.1 Å². The van der Waals surface area contributed by atoms with Gasteiger partial charge in [-0.3, -0.25) is 19.2 Å². The van der Waals surface area contributed by atoms with Gasteiger partial charge in [-0.05, 0) is 40.9 Å². The molecule has 0 spiro atoms. The van der Waals surface area contributed by atoms with Crippen LogP contribution >= 0.6 is 0 Å². The van der Waals surface area contributed by atoms with Crippen molar-refractivity contribution in [1.29, 1.82) is 0 Å². The smallest absolute Gasteiger partial charge is 0.306 e. The number of benzene rings is 1. The monoisotopic (exact) mass is 914 g/mol. The van der Waals surface area contributed by atoms with Crippen molar-refractivity contribution < 1.29 is 58.2 Å². The Balaban J connectivity index is 1.40. The van der Waals surface area contributed by atoms with Crippen LogP contribution in [0.5, 0.6) is 0 Å². The molecule has 66 heavy (non-hydrogen) atoms. The molecule has 7 aliphatic rings. The van der Waals surface area contributed by atoms with Crippen molar-refractivity contribution in [3.8, 4) is 11.5 Å². The van der Waals surface area contributed by atoms with Crippen LogP contribution in [-0.2, 0) is 33.3 Å². The van der Waals surface area contributed by atoms with E-state index in [-0.39, 0.29) is 56.6 Å². The van der Waals surface area contributed by atoms with Crippen molar-refractivity contribution in [2.24, 2.45) is 29.6 Å². The van der Waals surface area contributed by atoms with Gasteiger partial charge in [0, 0.05) is 86.7 Å². The first-order valence-electron chi connectivity index (χ1n) is 22.2. The number of ketones is 1. The van der Waals surface area contributed by atoms with E-state index in [0.717, 1.165) is 0 Å². The van der Waals surface area contributed by atoms with E-state index < -0.39 is 100 Å². The van der Waals surface area contributed by atoms with Gasteiger partial charge >= 0.3 is 11.8 Å². The highest BCUT2D eigenvalue weighted by Crippen LogP contribution is 2.56. The summed E-state index contributed by atoms with van der Waals surface area (Å²) in [4.78, 5) is 63.9. The number of nitrogens with one attached hydrogen (secondary N) is 1. The highest BCUT2D eigenvalue weighted by atomic mass is 16.7. The number of hydrogen-bond acceptors (Lipinski definition) is 16. The standard InChI is InChI=1S/C49H62N4O13/c1-22-14-13-15-23(2)47(61)51-38-42(59)34-33(37-45(38)65-32-19-29(18-30(55)36(32)50-37)53-20-48(8,21-53)52(10)11)35-44(27(6)41(34)58)66-49(9,46(35)60)63-17-16-31(62-12)24(3)43(64-28(7)54)26(5)40(57)25(4)39(22)56/h13-19,22,24-26,31,33-34,39-40,43,56-57,59-60H,20-21H2,1-12H3,(H,51,61)/b14-13+,17-16+,23-15-/t22-,24+,25+,26+,31-,33?,34?,39-,40+,43+,49-/m0/s1. The maximum Gasteiger partial charge on any atom is 0.306 e. The first-order valence-corrected chi connectivity index (χ1v) is 22.2. The Morgan fingerprint density at radius 1 is 0.970 bits per heavy atom. The topological polar surface area (TPSA) is 231 Å². The van der Waals surface area contributed by atoms with Gasteiger partial charge in [0.2, 0.25) is 5.43 Å². The molecule has 2 unspecified atom stereocenters. The minimum Gasteiger partial charge on any atom is -0.509 e. The number of aromatic nitrogens is 1. The fraction of sp³-hybridized carbons (Fsp3) is 0.531.